The van der Waals surface area contributed by atoms with Crippen LogP contribution in [0.2, 0.25) is 0 Å². The fraction of sp³-hybridized carbons (Fsp3) is 0.727. The number of rotatable bonds is 1. The molecule has 15 heavy (non-hydrogen) atoms. The molecule has 0 radical (unpaired) electrons. The summed E-state index contributed by atoms with van der Waals surface area (Å²) in [6, 6.07) is 2.05. The zero-order chi connectivity index (χ0) is 11.1. The molecule has 0 amide bonds. The van der Waals surface area contributed by atoms with Gasteiger partial charge in [-0.2, -0.15) is 5.10 Å². The van der Waals surface area contributed by atoms with E-state index in [9.17, 15) is 5.11 Å². The molecule has 1 fully saturated rings. The van der Waals surface area contributed by atoms with Crippen LogP contribution in [0.4, 0.5) is 0 Å². The minimum absolute atomic E-state index is 0.170. The van der Waals surface area contributed by atoms with Crippen LogP contribution in [0.1, 0.15) is 37.1 Å². The molecule has 84 valence electrons. The second-order valence-electron chi connectivity index (χ2n) is 4.68. The molecule has 0 aromatic carbocycles. The van der Waals surface area contributed by atoms with Gasteiger partial charge in [-0.1, -0.05) is 0 Å². The first-order valence-electron chi connectivity index (χ1n) is 5.49. The predicted octanol–water partition coefficient (Wildman–Crippen LogP) is 0.817. The molecular weight excluding hydrogens is 190 g/mol. The Labute approximate surface area is 90.1 Å². The molecule has 1 aromatic heterocycles. The summed E-state index contributed by atoms with van der Waals surface area (Å²) in [5.41, 5.74) is 8.18. The van der Waals surface area contributed by atoms with Crippen LogP contribution in [-0.4, -0.2) is 21.0 Å². The summed E-state index contributed by atoms with van der Waals surface area (Å²) in [5.74, 6) is 0. The Morgan fingerprint density at radius 2 is 2.13 bits per heavy atom. The molecule has 0 unspecified atom stereocenters. The van der Waals surface area contributed by atoms with Crippen LogP contribution in [0.25, 0.3) is 0 Å². The van der Waals surface area contributed by atoms with Crippen LogP contribution < -0.4 is 5.73 Å². The van der Waals surface area contributed by atoms with Crippen LogP contribution in [0.3, 0.4) is 0 Å². The number of hydrogen-bond donors (Lipinski definition) is 2. The Balaban J connectivity index is 2.25. The monoisotopic (exact) mass is 209 g/mol. The summed E-state index contributed by atoms with van der Waals surface area (Å²) in [6.07, 6.45) is 3.10. The van der Waals surface area contributed by atoms with E-state index in [-0.39, 0.29) is 11.6 Å². The van der Waals surface area contributed by atoms with Gasteiger partial charge in [0.2, 0.25) is 0 Å². The van der Waals surface area contributed by atoms with Crippen molar-refractivity contribution in [3.8, 4) is 0 Å². The molecule has 4 heteroatoms. The van der Waals surface area contributed by atoms with E-state index in [1.807, 2.05) is 18.7 Å². The van der Waals surface area contributed by atoms with E-state index in [0.717, 1.165) is 37.1 Å². The van der Waals surface area contributed by atoms with E-state index >= 15 is 0 Å². The molecule has 1 aliphatic rings. The number of aromatic nitrogens is 2. The fourth-order valence-electron chi connectivity index (χ4n) is 2.45. The van der Waals surface area contributed by atoms with E-state index in [4.69, 9.17) is 5.73 Å². The maximum Gasteiger partial charge on any atom is 0.0597 e. The van der Waals surface area contributed by atoms with Crippen LogP contribution in [-0.2, 0) is 12.6 Å². The smallest absolute Gasteiger partial charge is 0.0597 e. The highest BCUT2D eigenvalue weighted by Gasteiger charge is 2.34. The number of aliphatic hydroxyl groups is 1. The Morgan fingerprint density at radius 1 is 1.53 bits per heavy atom. The van der Waals surface area contributed by atoms with Gasteiger partial charge in [-0.25, -0.2) is 0 Å². The molecule has 1 saturated carbocycles. The van der Waals surface area contributed by atoms with Gasteiger partial charge in [-0.05, 0) is 38.7 Å². The van der Waals surface area contributed by atoms with E-state index in [1.165, 1.54) is 0 Å². The minimum atomic E-state index is -0.296. The third-order valence-electron chi connectivity index (χ3n) is 3.36. The Morgan fingerprint density at radius 3 is 2.60 bits per heavy atom. The molecule has 0 bridgehead atoms. The van der Waals surface area contributed by atoms with E-state index in [2.05, 4.69) is 11.2 Å². The molecule has 1 aliphatic carbocycles. The SMILES string of the molecule is Cc1cc(C2(N)CCC(O)CC2)n(C)n1. The third-order valence-corrected chi connectivity index (χ3v) is 3.36. The van der Waals surface area contributed by atoms with Crippen molar-refractivity contribution in [1.82, 2.24) is 9.78 Å². The van der Waals surface area contributed by atoms with Crippen molar-refractivity contribution in [2.45, 2.75) is 44.2 Å². The Kier molecular flexibility index (Phi) is 2.56. The van der Waals surface area contributed by atoms with Crippen LogP contribution in [0.15, 0.2) is 6.07 Å². The lowest BCUT2D eigenvalue weighted by atomic mass is 9.79. The van der Waals surface area contributed by atoms with Gasteiger partial charge in [0, 0.05) is 7.05 Å². The predicted molar refractivity (Wildman–Crippen MR) is 58.3 cm³/mol. The van der Waals surface area contributed by atoms with Crippen molar-refractivity contribution in [3.63, 3.8) is 0 Å². The topological polar surface area (TPSA) is 64.1 Å². The van der Waals surface area contributed by atoms with Gasteiger partial charge in [0.1, 0.15) is 0 Å². The molecule has 1 aromatic rings. The van der Waals surface area contributed by atoms with Gasteiger partial charge >= 0.3 is 0 Å². The second kappa shape index (κ2) is 3.61. The summed E-state index contributed by atoms with van der Waals surface area (Å²) < 4.78 is 1.87. The molecule has 0 spiro atoms. The van der Waals surface area contributed by atoms with Gasteiger partial charge in [0.25, 0.3) is 0 Å². The molecule has 0 saturated heterocycles. The van der Waals surface area contributed by atoms with E-state index in [0.29, 0.717) is 0 Å². The van der Waals surface area contributed by atoms with Gasteiger partial charge in [0.05, 0.1) is 23.0 Å². The highest BCUT2D eigenvalue weighted by Crippen LogP contribution is 2.34. The summed E-state index contributed by atoms with van der Waals surface area (Å²) >= 11 is 0. The first-order chi connectivity index (χ1) is 7.01. The van der Waals surface area contributed by atoms with Crippen LogP contribution in [0, 0.1) is 6.92 Å². The minimum Gasteiger partial charge on any atom is -0.393 e. The summed E-state index contributed by atoms with van der Waals surface area (Å²) in [6.45, 7) is 1.98. The second-order valence-corrected chi connectivity index (χ2v) is 4.68. The third kappa shape index (κ3) is 1.92. The van der Waals surface area contributed by atoms with Crippen molar-refractivity contribution in [1.29, 1.82) is 0 Å². The fourth-order valence-corrected chi connectivity index (χ4v) is 2.45. The molecule has 0 aliphatic heterocycles. The summed E-state index contributed by atoms with van der Waals surface area (Å²) in [5, 5.41) is 13.8. The lowest BCUT2D eigenvalue weighted by molar-refractivity contribution is 0.0943. The van der Waals surface area contributed by atoms with Crippen LogP contribution >= 0.6 is 0 Å². The lowest BCUT2D eigenvalue weighted by Gasteiger charge is -2.35. The largest absolute Gasteiger partial charge is 0.393 e. The average molecular weight is 209 g/mol. The Bertz CT molecular complexity index is 351. The van der Waals surface area contributed by atoms with Crippen molar-refractivity contribution in [2.24, 2.45) is 12.8 Å². The molecule has 3 N–H and O–H groups in total. The van der Waals surface area contributed by atoms with E-state index in [1.54, 1.807) is 0 Å². The molecule has 1 heterocycles. The van der Waals surface area contributed by atoms with Crippen molar-refractivity contribution >= 4 is 0 Å². The molecule has 2 rings (SSSR count). The van der Waals surface area contributed by atoms with Crippen molar-refractivity contribution in [2.75, 3.05) is 0 Å². The van der Waals surface area contributed by atoms with Gasteiger partial charge in [0.15, 0.2) is 0 Å². The highest BCUT2D eigenvalue weighted by atomic mass is 16.3. The summed E-state index contributed by atoms with van der Waals surface area (Å²) in [4.78, 5) is 0. The van der Waals surface area contributed by atoms with E-state index < -0.39 is 0 Å². The van der Waals surface area contributed by atoms with Gasteiger partial charge in [-0.3, -0.25) is 4.68 Å². The zero-order valence-electron chi connectivity index (χ0n) is 9.40. The van der Waals surface area contributed by atoms with Crippen molar-refractivity contribution in [3.05, 3.63) is 17.5 Å². The maximum absolute atomic E-state index is 9.48. The number of aliphatic hydroxyl groups excluding tert-OH is 1. The summed E-state index contributed by atoms with van der Waals surface area (Å²) in [7, 11) is 1.93. The Hall–Kier alpha value is -0.870. The van der Waals surface area contributed by atoms with Gasteiger partial charge < -0.3 is 10.8 Å². The number of nitrogens with zero attached hydrogens (tertiary/aromatic N) is 2. The molecule has 0 atom stereocenters. The quantitative estimate of drug-likeness (QED) is 0.719. The van der Waals surface area contributed by atoms with Crippen LogP contribution in [0.5, 0.6) is 0 Å². The number of hydrogen-bond acceptors (Lipinski definition) is 3. The lowest BCUT2D eigenvalue weighted by Crippen LogP contribution is -2.43. The first kappa shape index (κ1) is 10.6. The number of aryl methyl sites for hydroxylation is 2. The zero-order valence-corrected chi connectivity index (χ0v) is 9.40. The average Bonchev–Trinajstić information content (AvgIpc) is 2.52. The van der Waals surface area contributed by atoms with Crippen molar-refractivity contribution < 1.29 is 5.11 Å². The molecular formula is C11H19N3O. The first-order valence-corrected chi connectivity index (χ1v) is 5.49. The number of nitrogens with two attached hydrogens (primary N) is 1. The maximum atomic E-state index is 9.48. The standard InChI is InChI=1S/C11H19N3O/c1-8-7-10(14(2)13-8)11(12)5-3-9(15)4-6-11/h7,9,15H,3-6,12H2,1-2H3. The van der Waals surface area contributed by atoms with Gasteiger partial charge in [-0.15, -0.1) is 0 Å². The molecule has 4 nitrogen and oxygen atoms in total. The highest BCUT2D eigenvalue weighted by molar-refractivity contribution is 5.19. The normalized spacial score (nSPS) is 31.9.